The molecule has 0 bridgehead atoms. The molecule has 0 aliphatic heterocycles. The van der Waals surface area contributed by atoms with Crippen LogP contribution < -0.4 is 5.32 Å². The van der Waals surface area contributed by atoms with Gasteiger partial charge < -0.3 is 5.32 Å². The third-order valence-electron chi connectivity index (χ3n) is 1.99. The van der Waals surface area contributed by atoms with E-state index in [1.54, 1.807) is 7.05 Å². The van der Waals surface area contributed by atoms with E-state index in [1.165, 1.54) is 0 Å². The number of rotatable bonds is 2. The summed E-state index contributed by atoms with van der Waals surface area (Å²) < 4.78 is 13.3. The summed E-state index contributed by atoms with van der Waals surface area (Å²) in [7, 11) is 1.81. The minimum Gasteiger partial charge on any atom is -0.317 e. The van der Waals surface area contributed by atoms with E-state index in [4.69, 9.17) is 0 Å². The molecule has 1 rings (SSSR count). The predicted octanol–water partition coefficient (Wildman–Crippen LogP) is 1.49. The Kier molecular flexibility index (Phi) is 2.06. The second-order valence-corrected chi connectivity index (χ2v) is 2.89. The highest BCUT2D eigenvalue weighted by Gasteiger charge is 2.32. The van der Waals surface area contributed by atoms with E-state index in [0.717, 1.165) is 25.7 Å². The zero-order valence-electron chi connectivity index (χ0n) is 5.91. The van der Waals surface area contributed by atoms with Crippen LogP contribution in [0.1, 0.15) is 25.7 Å². The minimum atomic E-state index is -0.866. The van der Waals surface area contributed by atoms with E-state index in [9.17, 15) is 4.39 Å². The maximum absolute atomic E-state index is 13.3. The van der Waals surface area contributed by atoms with Gasteiger partial charge in [-0.3, -0.25) is 0 Å². The normalized spacial score (nSPS) is 24.7. The Bertz CT molecular complexity index is 86.9. The summed E-state index contributed by atoms with van der Waals surface area (Å²) in [5.74, 6) is 0. The fourth-order valence-electron chi connectivity index (χ4n) is 1.50. The van der Waals surface area contributed by atoms with Crippen molar-refractivity contribution in [1.82, 2.24) is 5.32 Å². The highest BCUT2D eigenvalue weighted by Crippen LogP contribution is 2.32. The molecule has 1 aliphatic carbocycles. The Morgan fingerprint density at radius 3 is 2.44 bits per heavy atom. The first kappa shape index (κ1) is 7.00. The minimum absolute atomic E-state index is 0.535. The molecule has 0 aromatic carbocycles. The molecule has 0 spiro atoms. The maximum atomic E-state index is 13.3. The van der Waals surface area contributed by atoms with Crippen LogP contribution in [0.4, 0.5) is 4.39 Å². The van der Waals surface area contributed by atoms with Gasteiger partial charge in [-0.05, 0) is 19.9 Å². The topological polar surface area (TPSA) is 12.0 Å². The molecule has 1 fully saturated rings. The molecule has 1 saturated carbocycles. The van der Waals surface area contributed by atoms with Crippen molar-refractivity contribution < 1.29 is 4.39 Å². The fraction of sp³-hybridized carbons (Fsp3) is 1.00. The lowest BCUT2D eigenvalue weighted by atomic mass is 10.1. The molecule has 0 atom stereocenters. The van der Waals surface area contributed by atoms with Crippen LogP contribution in [0.5, 0.6) is 0 Å². The van der Waals surface area contributed by atoms with E-state index < -0.39 is 5.67 Å². The summed E-state index contributed by atoms with van der Waals surface area (Å²) in [6.07, 6.45) is 3.65. The van der Waals surface area contributed by atoms with Gasteiger partial charge in [0.1, 0.15) is 5.67 Å². The van der Waals surface area contributed by atoms with Crippen LogP contribution in [-0.2, 0) is 0 Å². The lowest BCUT2D eigenvalue weighted by molar-refractivity contribution is 0.172. The van der Waals surface area contributed by atoms with E-state index in [0.29, 0.717) is 6.54 Å². The fourth-order valence-corrected chi connectivity index (χ4v) is 1.50. The van der Waals surface area contributed by atoms with Crippen molar-refractivity contribution in [1.29, 1.82) is 0 Å². The third-order valence-corrected chi connectivity index (χ3v) is 1.99. The van der Waals surface area contributed by atoms with Crippen molar-refractivity contribution in [2.75, 3.05) is 13.6 Å². The second-order valence-electron chi connectivity index (χ2n) is 2.89. The molecule has 0 aromatic rings. The van der Waals surface area contributed by atoms with Crippen LogP contribution in [0, 0.1) is 0 Å². The largest absolute Gasteiger partial charge is 0.317 e. The van der Waals surface area contributed by atoms with Crippen molar-refractivity contribution in [2.24, 2.45) is 0 Å². The van der Waals surface area contributed by atoms with Crippen molar-refractivity contribution in [2.45, 2.75) is 31.4 Å². The van der Waals surface area contributed by atoms with Gasteiger partial charge >= 0.3 is 0 Å². The van der Waals surface area contributed by atoms with Crippen LogP contribution in [0.25, 0.3) is 0 Å². The molecule has 0 radical (unpaired) electrons. The Labute approximate surface area is 55.6 Å². The number of alkyl halides is 1. The summed E-state index contributed by atoms with van der Waals surface area (Å²) in [5.41, 5.74) is -0.866. The van der Waals surface area contributed by atoms with Gasteiger partial charge in [0, 0.05) is 6.54 Å². The second kappa shape index (κ2) is 2.65. The summed E-state index contributed by atoms with van der Waals surface area (Å²) in [5, 5.41) is 2.88. The predicted molar refractivity (Wildman–Crippen MR) is 36.2 cm³/mol. The van der Waals surface area contributed by atoms with E-state index >= 15 is 0 Å². The van der Waals surface area contributed by atoms with Crippen molar-refractivity contribution >= 4 is 0 Å². The Morgan fingerprint density at radius 1 is 1.44 bits per heavy atom. The molecule has 0 unspecified atom stereocenters. The Morgan fingerprint density at radius 2 is 2.00 bits per heavy atom. The SMILES string of the molecule is CNCC1(F)CCCC1. The molecule has 1 aliphatic rings. The molecule has 0 amide bonds. The Hall–Kier alpha value is -0.110. The first-order valence-electron chi connectivity index (χ1n) is 3.60. The van der Waals surface area contributed by atoms with Gasteiger partial charge in [0.25, 0.3) is 0 Å². The third kappa shape index (κ3) is 1.65. The number of nitrogens with one attached hydrogen (secondary N) is 1. The molecule has 0 aromatic heterocycles. The van der Waals surface area contributed by atoms with Crippen LogP contribution in [-0.4, -0.2) is 19.3 Å². The van der Waals surface area contributed by atoms with Gasteiger partial charge in [0.15, 0.2) is 0 Å². The summed E-state index contributed by atoms with van der Waals surface area (Å²) >= 11 is 0. The van der Waals surface area contributed by atoms with Crippen LogP contribution >= 0.6 is 0 Å². The quantitative estimate of drug-likeness (QED) is 0.598. The zero-order valence-corrected chi connectivity index (χ0v) is 5.91. The van der Waals surface area contributed by atoms with E-state index in [2.05, 4.69) is 5.32 Å². The van der Waals surface area contributed by atoms with Gasteiger partial charge in [-0.1, -0.05) is 12.8 Å². The first-order chi connectivity index (χ1) is 4.27. The van der Waals surface area contributed by atoms with Gasteiger partial charge in [0.05, 0.1) is 0 Å². The lowest BCUT2D eigenvalue weighted by Crippen LogP contribution is -2.31. The lowest BCUT2D eigenvalue weighted by Gasteiger charge is -2.17. The van der Waals surface area contributed by atoms with E-state index in [-0.39, 0.29) is 0 Å². The van der Waals surface area contributed by atoms with Crippen molar-refractivity contribution in [3.63, 3.8) is 0 Å². The smallest absolute Gasteiger partial charge is 0.123 e. The highest BCUT2D eigenvalue weighted by molar-refractivity contribution is 4.86. The molecular weight excluding hydrogens is 117 g/mol. The number of hydrogen-bond donors (Lipinski definition) is 1. The summed E-state index contributed by atoms with van der Waals surface area (Å²) in [6, 6.07) is 0. The summed E-state index contributed by atoms with van der Waals surface area (Å²) in [4.78, 5) is 0. The standard InChI is InChI=1S/C7H14FN/c1-9-6-7(8)4-2-3-5-7/h9H,2-6H2,1H3. The average molecular weight is 131 g/mol. The molecular formula is C7H14FN. The van der Waals surface area contributed by atoms with E-state index in [1.807, 2.05) is 0 Å². The van der Waals surface area contributed by atoms with Crippen LogP contribution in [0.3, 0.4) is 0 Å². The highest BCUT2D eigenvalue weighted by atomic mass is 19.1. The summed E-state index contributed by atoms with van der Waals surface area (Å²) in [6.45, 7) is 0.535. The average Bonchev–Trinajstić information content (AvgIpc) is 2.16. The number of halogens is 1. The molecule has 0 heterocycles. The molecule has 54 valence electrons. The van der Waals surface area contributed by atoms with Gasteiger partial charge in [-0.2, -0.15) is 0 Å². The monoisotopic (exact) mass is 131 g/mol. The molecule has 2 heteroatoms. The van der Waals surface area contributed by atoms with Crippen LogP contribution in [0.2, 0.25) is 0 Å². The number of hydrogen-bond acceptors (Lipinski definition) is 1. The zero-order chi connectivity index (χ0) is 6.74. The molecule has 1 nitrogen and oxygen atoms in total. The Balaban J connectivity index is 2.32. The van der Waals surface area contributed by atoms with Gasteiger partial charge in [-0.15, -0.1) is 0 Å². The molecule has 1 N–H and O–H groups in total. The maximum Gasteiger partial charge on any atom is 0.123 e. The van der Waals surface area contributed by atoms with Crippen LogP contribution in [0.15, 0.2) is 0 Å². The van der Waals surface area contributed by atoms with Crippen molar-refractivity contribution in [3.05, 3.63) is 0 Å². The van der Waals surface area contributed by atoms with Gasteiger partial charge in [0.2, 0.25) is 0 Å². The van der Waals surface area contributed by atoms with Crippen molar-refractivity contribution in [3.8, 4) is 0 Å². The molecule has 0 saturated heterocycles. The molecule has 9 heavy (non-hydrogen) atoms. The van der Waals surface area contributed by atoms with Gasteiger partial charge in [-0.25, -0.2) is 4.39 Å². The first-order valence-corrected chi connectivity index (χ1v) is 3.60.